The highest BCUT2D eigenvalue weighted by Gasteiger charge is 2.02. The summed E-state index contributed by atoms with van der Waals surface area (Å²) < 4.78 is 2.21. The van der Waals surface area contributed by atoms with Crippen molar-refractivity contribution in [3.63, 3.8) is 0 Å². The molecule has 0 spiro atoms. The van der Waals surface area contributed by atoms with Crippen molar-refractivity contribution in [1.82, 2.24) is 4.57 Å². The van der Waals surface area contributed by atoms with Gasteiger partial charge in [-0.25, -0.2) is 0 Å². The molecule has 0 unspecified atom stereocenters. The fraction of sp³-hybridized carbons (Fsp3) is 0.556. The maximum Gasteiger partial charge on any atom is 0.0201 e. The lowest BCUT2D eigenvalue weighted by Gasteiger charge is -1.99. The van der Waals surface area contributed by atoms with Crippen molar-refractivity contribution < 1.29 is 0 Å². The van der Waals surface area contributed by atoms with E-state index >= 15 is 0 Å². The second kappa shape index (κ2) is 2.49. The van der Waals surface area contributed by atoms with Crippen LogP contribution < -0.4 is 0 Å². The van der Waals surface area contributed by atoms with Gasteiger partial charge >= 0.3 is 0 Å². The van der Waals surface area contributed by atoms with Gasteiger partial charge < -0.3 is 4.57 Å². The summed E-state index contributed by atoms with van der Waals surface area (Å²) in [4.78, 5) is 0. The van der Waals surface area contributed by atoms with Crippen molar-refractivity contribution in [2.75, 3.05) is 0 Å². The first kappa shape index (κ1) is 7.39. The van der Waals surface area contributed by atoms with Crippen LogP contribution in [0.25, 0.3) is 0 Å². The molecule has 56 valence electrons. The fourth-order valence-electron chi connectivity index (χ4n) is 1.47. The first-order valence-corrected chi connectivity index (χ1v) is 3.78. The van der Waals surface area contributed by atoms with Crippen LogP contribution in [0.15, 0.2) is 6.20 Å². The van der Waals surface area contributed by atoms with Crippen LogP contribution in [-0.2, 0) is 13.5 Å². The molecule has 0 atom stereocenters. The third kappa shape index (κ3) is 0.962. The van der Waals surface area contributed by atoms with Crippen LogP contribution in [0.5, 0.6) is 0 Å². The van der Waals surface area contributed by atoms with Crippen molar-refractivity contribution >= 4 is 0 Å². The second-order valence-corrected chi connectivity index (χ2v) is 2.85. The zero-order valence-corrected chi connectivity index (χ0v) is 7.23. The zero-order chi connectivity index (χ0) is 7.72. The summed E-state index contributed by atoms with van der Waals surface area (Å²) in [5, 5.41) is 0. The monoisotopic (exact) mass is 137 g/mol. The van der Waals surface area contributed by atoms with Crippen LogP contribution in [-0.4, -0.2) is 4.57 Å². The largest absolute Gasteiger partial charge is 0.354 e. The van der Waals surface area contributed by atoms with Gasteiger partial charge in [-0.1, -0.05) is 6.92 Å². The average molecular weight is 137 g/mol. The summed E-state index contributed by atoms with van der Waals surface area (Å²) in [7, 11) is 2.11. The van der Waals surface area contributed by atoms with E-state index in [0.29, 0.717) is 0 Å². The van der Waals surface area contributed by atoms with E-state index in [0.717, 1.165) is 6.42 Å². The van der Waals surface area contributed by atoms with Gasteiger partial charge in [0.25, 0.3) is 0 Å². The molecular formula is C9H15N. The molecule has 1 rings (SSSR count). The minimum Gasteiger partial charge on any atom is -0.354 e. The van der Waals surface area contributed by atoms with Gasteiger partial charge in [-0.05, 0) is 31.4 Å². The Morgan fingerprint density at radius 2 is 2.00 bits per heavy atom. The highest BCUT2D eigenvalue weighted by atomic mass is 14.9. The van der Waals surface area contributed by atoms with E-state index in [1.807, 2.05) is 0 Å². The molecule has 0 N–H and O–H groups in total. The van der Waals surface area contributed by atoms with E-state index < -0.39 is 0 Å². The van der Waals surface area contributed by atoms with Crippen molar-refractivity contribution in [1.29, 1.82) is 0 Å². The average Bonchev–Trinajstić information content (AvgIpc) is 2.09. The number of rotatable bonds is 1. The molecule has 0 aliphatic carbocycles. The van der Waals surface area contributed by atoms with Gasteiger partial charge in [-0.2, -0.15) is 0 Å². The highest BCUT2D eigenvalue weighted by Crippen LogP contribution is 2.14. The molecule has 0 fully saturated rings. The van der Waals surface area contributed by atoms with Crippen LogP contribution in [0.1, 0.15) is 23.7 Å². The Kier molecular flexibility index (Phi) is 1.84. The molecule has 1 heteroatoms. The molecule has 0 aliphatic heterocycles. The van der Waals surface area contributed by atoms with Gasteiger partial charge in [-0.3, -0.25) is 0 Å². The van der Waals surface area contributed by atoms with Crippen LogP contribution in [0.2, 0.25) is 0 Å². The third-order valence-electron chi connectivity index (χ3n) is 2.17. The molecule has 0 saturated carbocycles. The standard InChI is InChI=1S/C9H15N/c1-5-9-8(3)7(2)6-10(9)4/h6H,5H2,1-4H3. The van der Waals surface area contributed by atoms with Gasteiger partial charge in [0.2, 0.25) is 0 Å². The molecule has 0 radical (unpaired) electrons. The molecule has 1 aromatic rings. The maximum atomic E-state index is 2.21. The summed E-state index contributed by atoms with van der Waals surface area (Å²) in [5.74, 6) is 0. The molecule has 1 nitrogen and oxygen atoms in total. The minimum absolute atomic E-state index is 1.14. The summed E-state index contributed by atoms with van der Waals surface area (Å²) >= 11 is 0. The Morgan fingerprint density at radius 1 is 1.40 bits per heavy atom. The molecule has 0 bridgehead atoms. The summed E-state index contributed by atoms with van der Waals surface area (Å²) in [6.45, 7) is 6.55. The van der Waals surface area contributed by atoms with E-state index in [2.05, 4.69) is 38.6 Å². The smallest absolute Gasteiger partial charge is 0.0201 e. The Balaban J connectivity index is 3.20. The summed E-state index contributed by atoms with van der Waals surface area (Å²) in [6.07, 6.45) is 3.32. The Hall–Kier alpha value is -0.720. The number of hydrogen-bond donors (Lipinski definition) is 0. The van der Waals surface area contributed by atoms with Crippen LogP contribution in [0.4, 0.5) is 0 Å². The first-order valence-electron chi connectivity index (χ1n) is 3.78. The van der Waals surface area contributed by atoms with E-state index in [1.54, 1.807) is 0 Å². The van der Waals surface area contributed by atoms with Gasteiger partial charge in [0.15, 0.2) is 0 Å². The zero-order valence-electron chi connectivity index (χ0n) is 7.23. The van der Waals surface area contributed by atoms with E-state index in [4.69, 9.17) is 0 Å². The predicted molar refractivity (Wildman–Crippen MR) is 44.3 cm³/mol. The second-order valence-electron chi connectivity index (χ2n) is 2.85. The lowest BCUT2D eigenvalue weighted by molar-refractivity contribution is 0.831. The lowest BCUT2D eigenvalue weighted by Crippen LogP contribution is -1.93. The van der Waals surface area contributed by atoms with Crippen molar-refractivity contribution in [3.05, 3.63) is 23.0 Å². The normalized spacial score (nSPS) is 10.4. The van der Waals surface area contributed by atoms with Gasteiger partial charge in [-0.15, -0.1) is 0 Å². The molecule has 0 aromatic carbocycles. The van der Waals surface area contributed by atoms with Crippen molar-refractivity contribution in [2.24, 2.45) is 7.05 Å². The van der Waals surface area contributed by atoms with Gasteiger partial charge in [0.05, 0.1) is 0 Å². The molecule has 0 amide bonds. The minimum atomic E-state index is 1.14. The van der Waals surface area contributed by atoms with Crippen LogP contribution >= 0.6 is 0 Å². The molecule has 1 aromatic heterocycles. The molecule has 0 saturated heterocycles. The maximum absolute atomic E-state index is 2.21. The summed E-state index contributed by atoms with van der Waals surface area (Å²) in [5.41, 5.74) is 4.31. The van der Waals surface area contributed by atoms with Gasteiger partial charge in [0.1, 0.15) is 0 Å². The van der Waals surface area contributed by atoms with Crippen molar-refractivity contribution in [2.45, 2.75) is 27.2 Å². The van der Waals surface area contributed by atoms with Crippen LogP contribution in [0.3, 0.4) is 0 Å². The first-order chi connectivity index (χ1) is 4.66. The van der Waals surface area contributed by atoms with Crippen LogP contribution in [0, 0.1) is 13.8 Å². The van der Waals surface area contributed by atoms with E-state index in [9.17, 15) is 0 Å². The molecular weight excluding hydrogens is 122 g/mol. The number of hydrogen-bond acceptors (Lipinski definition) is 0. The SMILES string of the molecule is CCc1c(C)c(C)cn1C. The van der Waals surface area contributed by atoms with Crippen molar-refractivity contribution in [3.8, 4) is 0 Å². The van der Waals surface area contributed by atoms with E-state index in [1.165, 1.54) is 16.8 Å². The predicted octanol–water partition coefficient (Wildman–Crippen LogP) is 2.20. The lowest BCUT2D eigenvalue weighted by atomic mass is 10.1. The topological polar surface area (TPSA) is 4.93 Å². The number of aryl methyl sites for hydroxylation is 2. The van der Waals surface area contributed by atoms with Gasteiger partial charge in [0, 0.05) is 18.9 Å². The summed E-state index contributed by atoms with van der Waals surface area (Å²) in [6, 6.07) is 0. The molecule has 0 aliphatic rings. The fourth-order valence-corrected chi connectivity index (χ4v) is 1.47. The molecule has 10 heavy (non-hydrogen) atoms. The number of nitrogens with zero attached hydrogens (tertiary/aromatic N) is 1. The quantitative estimate of drug-likeness (QED) is 0.559. The number of aromatic nitrogens is 1. The van der Waals surface area contributed by atoms with E-state index in [-0.39, 0.29) is 0 Å². The molecule has 1 heterocycles. The highest BCUT2D eigenvalue weighted by molar-refractivity contribution is 5.29. The Bertz CT molecular complexity index is 233. The Morgan fingerprint density at radius 3 is 2.20 bits per heavy atom. The Labute approximate surface area is 62.7 Å². The third-order valence-corrected chi connectivity index (χ3v) is 2.17.